The van der Waals surface area contributed by atoms with Gasteiger partial charge in [-0.2, -0.15) is 0 Å². The second-order valence-electron chi connectivity index (χ2n) is 5.03. The zero-order valence-corrected chi connectivity index (χ0v) is 12.1. The van der Waals surface area contributed by atoms with Gasteiger partial charge in [0.15, 0.2) is 11.5 Å². The van der Waals surface area contributed by atoms with E-state index in [-0.39, 0.29) is 11.9 Å². The average molecular weight is 266 g/mol. The van der Waals surface area contributed by atoms with E-state index in [4.69, 9.17) is 15.2 Å². The highest BCUT2D eigenvalue weighted by Gasteiger charge is 2.25. The maximum absolute atomic E-state index is 12.2. The number of methoxy groups -OCH3 is 2. The van der Waals surface area contributed by atoms with E-state index in [9.17, 15) is 4.79 Å². The summed E-state index contributed by atoms with van der Waals surface area (Å²) in [5.74, 6) is 0.919. The molecule has 106 valence electrons. The summed E-state index contributed by atoms with van der Waals surface area (Å²) in [6, 6.07) is 4.88. The van der Waals surface area contributed by atoms with Gasteiger partial charge in [-0.15, -0.1) is 0 Å². The number of amides is 1. The van der Waals surface area contributed by atoms with Gasteiger partial charge in [0.05, 0.1) is 14.2 Å². The predicted octanol–water partition coefficient (Wildman–Crippen LogP) is 1.56. The second-order valence-corrected chi connectivity index (χ2v) is 5.03. The summed E-state index contributed by atoms with van der Waals surface area (Å²) in [6.07, 6.45) is 0. The number of carbonyl (C=O) groups excluding carboxylic acids is 1. The van der Waals surface area contributed by atoms with Crippen LogP contribution >= 0.6 is 0 Å². The third-order valence-electron chi connectivity index (χ3n) is 3.22. The van der Waals surface area contributed by atoms with Crippen LogP contribution in [-0.4, -0.2) is 31.7 Å². The first-order valence-electron chi connectivity index (χ1n) is 6.12. The lowest BCUT2D eigenvalue weighted by molar-refractivity contribution is 0.0903. The molecule has 1 aromatic rings. The first-order chi connectivity index (χ1) is 8.81. The maximum atomic E-state index is 12.2. The third-order valence-corrected chi connectivity index (χ3v) is 3.22. The highest BCUT2D eigenvalue weighted by molar-refractivity contribution is 5.95. The number of hydrogen-bond donors (Lipinski definition) is 2. The molecule has 5 heteroatoms. The summed E-state index contributed by atoms with van der Waals surface area (Å²) in [7, 11) is 3.09. The molecule has 1 atom stereocenters. The van der Waals surface area contributed by atoms with Crippen molar-refractivity contribution in [1.29, 1.82) is 0 Å². The van der Waals surface area contributed by atoms with Gasteiger partial charge in [0.25, 0.3) is 5.91 Å². The number of hydrogen-bond acceptors (Lipinski definition) is 4. The van der Waals surface area contributed by atoms with Gasteiger partial charge in [0.1, 0.15) is 0 Å². The SMILES string of the molecule is COc1ccc(C(=O)NC(C)(C)C(C)N)cc1OC. The largest absolute Gasteiger partial charge is 0.493 e. The predicted molar refractivity (Wildman–Crippen MR) is 74.7 cm³/mol. The van der Waals surface area contributed by atoms with Crippen LogP contribution in [0, 0.1) is 0 Å². The molecule has 0 bridgehead atoms. The summed E-state index contributed by atoms with van der Waals surface area (Å²) < 4.78 is 10.3. The molecule has 0 radical (unpaired) electrons. The summed E-state index contributed by atoms with van der Waals surface area (Å²) in [6.45, 7) is 5.63. The van der Waals surface area contributed by atoms with E-state index in [1.165, 1.54) is 7.11 Å². The van der Waals surface area contributed by atoms with Crippen molar-refractivity contribution >= 4 is 5.91 Å². The molecule has 1 aromatic carbocycles. The van der Waals surface area contributed by atoms with Crippen LogP contribution in [0.25, 0.3) is 0 Å². The fourth-order valence-corrected chi connectivity index (χ4v) is 1.46. The summed E-state index contributed by atoms with van der Waals surface area (Å²) in [4.78, 5) is 12.2. The molecule has 0 aliphatic carbocycles. The van der Waals surface area contributed by atoms with E-state index >= 15 is 0 Å². The van der Waals surface area contributed by atoms with E-state index in [1.54, 1.807) is 25.3 Å². The van der Waals surface area contributed by atoms with E-state index in [0.29, 0.717) is 17.1 Å². The first-order valence-corrected chi connectivity index (χ1v) is 6.12. The lowest BCUT2D eigenvalue weighted by Gasteiger charge is -2.30. The number of benzene rings is 1. The van der Waals surface area contributed by atoms with Crippen LogP contribution in [0.15, 0.2) is 18.2 Å². The lowest BCUT2D eigenvalue weighted by Crippen LogP contribution is -2.54. The minimum absolute atomic E-state index is 0.156. The number of rotatable bonds is 5. The van der Waals surface area contributed by atoms with Gasteiger partial charge in [0, 0.05) is 17.1 Å². The van der Waals surface area contributed by atoms with Crippen LogP contribution in [0.1, 0.15) is 31.1 Å². The topological polar surface area (TPSA) is 73.6 Å². The molecular formula is C14H22N2O3. The van der Waals surface area contributed by atoms with Crippen molar-refractivity contribution in [2.24, 2.45) is 5.73 Å². The number of nitrogens with two attached hydrogens (primary N) is 1. The van der Waals surface area contributed by atoms with Gasteiger partial charge in [-0.05, 0) is 39.0 Å². The third kappa shape index (κ3) is 3.61. The molecule has 1 rings (SSSR count). The minimum Gasteiger partial charge on any atom is -0.493 e. The molecule has 0 aliphatic rings. The van der Waals surface area contributed by atoms with Crippen LogP contribution in [0.4, 0.5) is 0 Å². The lowest BCUT2D eigenvalue weighted by atomic mass is 9.96. The Hall–Kier alpha value is -1.75. The molecule has 0 fully saturated rings. The van der Waals surface area contributed by atoms with Crippen LogP contribution in [0.2, 0.25) is 0 Å². The highest BCUT2D eigenvalue weighted by atomic mass is 16.5. The van der Waals surface area contributed by atoms with Crippen molar-refractivity contribution in [3.8, 4) is 11.5 Å². The molecule has 5 nitrogen and oxygen atoms in total. The van der Waals surface area contributed by atoms with Crippen molar-refractivity contribution in [2.45, 2.75) is 32.4 Å². The van der Waals surface area contributed by atoms with Crippen molar-refractivity contribution in [3.63, 3.8) is 0 Å². The Morgan fingerprint density at radius 2 is 1.84 bits per heavy atom. The molecule has 0 saturated heterocycles. The molecular weight excluding hydrogens is 244 g/mol. The molecule has 3 N–H and O–H groups in total. The molecule has 1 unspecified atom stereocenters. The van der Waals surface area contributed by atoms with Gasteiger partial charge in [-0.25, -0.2) is 0 Å². The fraction of sp³-hybridized carbons (Fsp3) is 0.500. The average Bonchev–Trinajstić information content (AvgIpc) is 2.37. The Morgan fingerprint density at radius 1 is 1.26 bits per heavy atom. The molecule has 0 saturated carbocycles. The number of ether oxygens (including phenoxy) is 2. The van der Waals surface area contributed by atoms with Gasteiger partial charge < -0.3 is 20.5 Å². The van der Waals surface area contributed by atoms with E-state index < -0.39 is 5.54 Å². The maximum Gasteiger partial charge on any atom is 0.251 e. The minimum atomic E-state index is -0.482. The normalized spacial score (nSPS) is 12.7. The Bertz CT molecular complexity index is 456. The quantitative estimate of drug-likeness (QED) is 0.848. The molecule has 0 spiro atoms. The Morgan fingerprint density at radius 3 is 2.32 bits per heavy atom. The molecule has 0 heterocycles. The summed E-state index contributed by atoms with van der Waals surface area (Å²) >= 11 is 0. The first kappa shape index (κ1) is 15.3. The number of carbonyl (C=O) groups is 1. The van der Waals surface area contributed by atoms with Crippen LogP contribution < -0.4 is 20.5 Å². The van der Waals surface area contributed by atoms with Crippen LogP contribution in [-0.2, 0) is 0 Å². The van der Waals surface area contributed by atoms with Gasteiger partial charge >= 0.3 is 0 Å². The van der Waals surface area contributed by atoms with Crippen LogP contribution in [0.3, 0.4) is 0 Å². The zero-order chi connectivity index (χ0) is 14.6. The molecule has 1 amide bonds. The van der Waals surface area contributed by atoms with Crippen molar-refractivity contribution < 1.29 is 14.3 Å². The smallest absolute Gasteiger partial charge is 0.251 e. The van der Waals surface area contributed by atoms with Gasteiger partial charge in [-0.1, -0.05) is 0 Å². The Labute approximate surface area is 114 Å². The summed E-state index contributed by atoms with van der Waals surface area (Å²) in [5.41, 5.74) is 5.86. The zero-order valence-electron chi connectivity index (χ0n) is 12.1. The van der Waals surface area contributed by atoms with Gasteiger partial charge in [0.2, 0.25) is 0 Å². The van der Waals surface area contributed by atoms with E-state index in [1.807, 2.05) is 20.8 Å². The van der Waals surface area contributed by atoms with Gasteiger partial charge in [-0.3, -0.25) is 4.79 Å². The van der Waals surface area contributed by atoms with Crippen molar-refractivity contribution in [3.05, 3.63) is 23.8 Å². The molecule has 0 aromatic heterocycles. The molecule has 0 aliphatic heterocycles. The fourth-order valence-electron chi connectivity index (χ4n) is 1.46. The Kier molecular flexibility index (Phi) is 4.78. The highest BCUT2D eigenvalue weighted by Crippen LogP contribution is 2.27. The second kappa shape index (κ2) is 5.93. The summed E-state index contributed by atoms with van der Waals surface area (Å²) in [5, 5.41) is 2.90. The van der Waals surface area contributed by atoms with Crippen LogP contribution in [0.5, 0.6) is 11.5 Å². The van der Waals surface area contributed by atoms with Crippen molar-refractivity contribution in [2.75, 3.05) is 14.2 Å². The van der Waals surface area contributed by atoms with E-state index in [2.05, 4.69) is 5.32 Å². The molecule has 19 heavy (non-hydrogen) atoms. The standard InChI is InChI=1S/C14H22N2O3/c1-9(15)14(2,3)16-13(17)10-6-7-11(18-4)12(8-10)19-5/h6-9H,15H2,1-5H3,(H,16,17). The number of nitrogens with one attached hydrogen (secondary N) is 1. The Balaban J connectivity index is 2.95. The monoisotopic (exact) mass is 266 g/mol. The van der Waals surface area contributed by atoms with Crippen molar-refractivity contribution in [1.82, 2.24) is 5.32 Å². The van der Waals surface area contributed by atoms with E-state index in [0.717, 1.165) is 0 Å².